The van der Waals surface area contributed by atoms with Crippen LogP contribution in [0.1, 0.15) is 24.0 Å². The van der Waals surface area contributed by atoms with Crippen LogP contribution in [0.2, 0.25) is 0 Å². The second-order valence-corrected chi connectivity index (χ2v) is 12.4. The normalized spacial score (nSPS) is 14.2. The minimum Gasteiger partial charge on any atom is -0.147 e. The summed E-state index contributed by atoms with van der Waals surface area (Å²) < 4.78 is 4.99. The summed E-state index contributed by atoms with van der Waals surface area (Å²) in [5.41, 5.74) is 2.80. The molecule has 0 saturated heterocycles. The van der Waals surface area contributed by atoms with Crippen molar-refractivity contribution in [1.82, 2.24) is 0 Å². The van der Waals surface area contributed by atoms with Gasteiger partial charge in [-0.3, -0.25) is 0 Å². The first-order valence-electron chi connectivity index (χ1n) is 8.51. The van der Waals surface area contributed by atoms with Gasteiger partial charge in [-0.25, -0.2) is 0 Å². The number of hydrogen-bond acceptors (Lipinski definition) is 0. The molecule has 0 radical (unpaired) electrons. The molecule has 0 fully saturated rings. The molecule has 0 spiro atoms. The summed E-state index contributed by atoms with van der Waals surface area (Å²) in [7, 11) is 0. The second kappa shape index (κ2) is 10.2. The predicted octanol–water partition coefficient (Wildman–Crippen LogP) is 6.40. The largest absolute Gasteiger partial charge is 0.147 e. The summed E-state index contributed by atoms with van der Waals surface area (Å²) in [5, 5.41) is 0. The predicted molar refractivity (Wildman–Crippen MR) is 114 cm³/mol. The fourth-order valence-electron chi connectivity index (χ4n) is 3.46. The summed E-state index contributed by atoms with van der Waals surface area (Å²) in [6, 6.07) is 22.0. The average molecular weight is 461 g/mol. The molecule has 132 valence electrons. The first kappa shape index (κ1) is 21.0. The Hall–Kier alpha value is -1.27. The van der Waals surface area contributed by atoms with Crippen LogP contribution in [-0.4, -0.2) is 3.21 Å². The number of rotatable bonds is 4. The molecule has 2 aromatic rings. The molecule has 2 aliphatic carbocycles. The van der Waals surface area contributed by atoms with Crippen molar-refractivity contribution in [2.45, 2.75) is 12.8 Å². The van der Waals surface area contributed by atoms with Crippen LogP contribution >= 0.6 is 24.8 Å². The Labute approximate surface area is 176 Å². The topological polar surface area (TPSA) is 0 Å². The third-order valence-corrected chi connectivity index (χ3v) is 12.2. The zero-order valence-corrected chi connectivity index (χ0v) is 18.6. The van der Waals surface area contributed by atoms with Gasteiger partial charge in [-0.15, -0.1) is 24.8 Å². The van der Waals surface area contributed by atoms with Gasteiger partial charge in [0, 0.05) is 0 Å². The number of allylic oxidation sites excluding steroid dienone is 8. The van der Waals surface area contributed by atoms with Crippen LogP contribution in [0.15, 0.2) is 104 Å². The Morgan fingerprint density at radius 2 is 1.04 bits per heavy atom. The van der Waals surface area contributed by atoms with Gasteiger partial charge in [-0.1, -0.05) is 0 Å². The molecule has 0 aliphatic heterocycles. The molecule has 0 unspecified atom stereocenters. The maximum Gasteiger partial charge on any atom is -0.147 e. The maximum absolute atomic E-state index is 2.39. The van der Waals surface area contributed by atoms with Gasteiger partial charge in [-0.05, 0) is 0 Å². The Balaban J connectivity index is 0.00000121. The zero-order valence-electron chi connectivity index (χ0n) is 14.5. The van der Waals surface area contributed by atoms with Crippen LogP contribution in [0, 0.1) is 0 Å². The van der Waals surface area contributed by atoms with E-state index in [1.165, 1.54) is 11.1 Å². The van der Waals surface area contributed by atoms with E-state index in [0.717, 1.165) is 12.8 Å². The van der Waals surface area contributed by atoms with Crippen LogP contribution in [0.4, 0.5) is 0 Å². The van der Waals surface area contributed by atoms with Crippen LogP contribution in [-0.2, 0) is 21.3 Å². The van der Waals surface area contributed by atoms with E-state index in [1.54, 1.807) is 9.77 Å². The van der Waals surface area contributed by atoms with Gasteiger partial charge >= 0.3 is 152 Å². The van der Waals surface area contributed by atoms with E-state index < -0.39 is 21.3 Å². The summed E-state index contributed by atoms with van der Waals surface area (Å²) in [6.07, 6.45) is 16.2. The van der Waals surface area contributed by atoms with Gasteiger partial charge in [0.15, 0.2) is 0 Å². The third-order valence-electron chi connectivity index (χ3n) is 4.56. The number of hydrogen-bond donors (Lipinski definition) is 0. The van der Waals surface area contributed by atoms with Crippen molar-refractivity contribution < 1.29 is 21.3 Å². The van der Waals surface area contributed by atoms with Crippen molar-refractivity contribution in [3.63, 3.8) is 0 Å². The van der Waals surface area contributed by atoms with Gasteiger partial charge < -0.3 is 0 Å². The maximum atomic E-state index is 2.39. The molecule has 0 saturated carbocycles. The summed E-state index contributed by atoms with van der Waals surface area (Å²) in [6.45, 7) is 0. The average Bonchev–Trinajstić information content (AvgIpc) is 3.35. The van der Waals surface area contributed by atoms with E-state index in [4.69, 9.17) is 0 Å². The van der Waals surface area contributed by atoms with Gasteiger partial charge in [0.05, 0.1) is 0 Å². The van der Waals surface area contributed by atoms with Crippen molar-refractivity contribution in [3.8, 4) is 0 Å². The summed E-state index contributed by atoms with van der Waals surface area (Å²) in [5.74, 6) is 0. The van der Waals surface area contributed by atoms with Crippen molar-refractivity contribution in [2.75, 3.05) is 0 Å². The zero-order chi connectivity index (χ0) is 16.2. The third kappa shape index (κ3) is 4.52. The van der Waals surface area contributed by atoms with E-state index in [9.17, 15) is 0 Å². The molecule has 3 heteroatoms. The molecule has 0 amide bonds. The summed E-state index contributed by atoms with van der Waals surface area (Å²) >= 11 is -2.12. The monoisotopic (exact) mass is 458 g/mol. The van der Waals surface area contributed by atoms with E-state index in [2.05, 4.69) is 97.1 Å². The Morgan fingerprint density at radius 3 is 1.38 bits per heavy atom. The van der Waals surface area contributed by atoms with E-state index in [0.29, 0.717) is 0 Å². The molecule has 2 aliphatic rings. The molecular formula is C23H22Cl2Zr. The van der Waals surface area contributed by atoms with Gasteiger partial charge in [-0.2, -0.15) is 0 Å². The molecule has 0 aromatic heterocycles. The first-order valence-corrected chi connectivity index (χ1v) is 12.2. The van der Waals surface area contributed by atoms with Crippen LogP contribution < -0.4 is 0 Å². The molecule has 0 nitrogen and oxygen atoms in total. The standard InChI is InChI=1S/C13H10.2C5H5.2ClH.Zr/c1-3-7-12(8-4-1)11-13-9-5-2-6-10-13;2*1-2-4-5-3-1;;;/h1-10H;2*1-3H,4H2;2*1H;. The summed E-state index contributed by atoms with van der Waals surface area (Å²) in [4.78, 5) is 0. The van der Waals surface area contributed by atoms with Gasteiger partial charge in [0.2, 0.25) is 0 Å². The molecule has 0 atom stereocenters. The fourth-order valence-corrected chi connectivity index (χ4v) is 11.2. The van der Waals surface area contributed by atoms with Crippen LogP contribution in [0.5, 0.6) is 0 Å². The van der Waals surface area contributed by atoms with Crippen LogP contribution in [0.3, 0.4) is 0 Å². The minimum atomic E-state index is -2.12. The van der Waals surface area contributed by atoms with Crippen molar-refractivity contribution in [1.29, 1.82) is 0 Å². The molecule has 26 heavy (non-hydrogen) atoms. The van der Waals surface area contributed by atoms with Crippen molar-refractivity contribution in [2.24, 2.45) is 0 Å². The van der Waals surface area contributed by atoms with Gasteiger partial charge in [0.25, 0.3) is 0 Å². The van der Waals surface area contributed by atoms with E-state index in [1.807, 2.05) is 0 Å². The molecule has 4 rings (SSSR count). The second-order valence-electron chi connectivity index (χ2n) is 6.13. The molecule has 2 aromatic carbocycles. The number of halogens is 2. The van der Waals surface area contributed by atoms with Crippen molar-refractivity contribution in [3.05, 3.63) is 115 Å². The van der Waals surface area contributed by atoms with Crippen molar-refractivity contribution >= 4 is 28.0 Å². The molecule has 0 heterocycles. The quantitative estimate of drug-likeness (QED) is 0.495. The first-order chi connectivity index (χ1) is 11.9. The minimum absolute atomic E-state index is 0. The van der Waals surface area contributed by atoms with E-state index >= 15 is 0 Å². The Bertz CT molecular complexity index is 815. The Kier molecular flexibility index (Phi) is 8.23. The molecular weight excluding hydrogens is 438 g/mol. The number of benzene rings is 2. The smallest absolute Gasteiger partial charge is 0.147 e. The fraction of sp³-hybridized carbons (Fsp3) is 0.0870. The SMILES string of the molecule is C1=CC[C]([Zr]([C]2=CC=CC2)=[C](c2ccccc2)c2ccccc2)=C1.Cl.Cl. The van der Waals surface area contributed by atoms with E-state index in [-0.39, 0.29) is 24.8 Å². The molecule has 0 N–H and O–H groups in total. The van der Waals surface area contributed by atoms with Gasteiger partial charge in [0.1, 0.15) is 0 Å². The van der Waals surface area contributed by atoms with Crippen LogP contribution in [0.25, 0.3) is 0 Å². The molecule has 0 bridgehead atoms. The Morgan fingerprint density at radius 1 is 0.615 bits per heavy atom.